The van der Waals surface area contributed by atoms with Crippen LogP contribution in [0, 0.1) is 29.1 Å². The second-order valence-corrected chi connectivity index (χ2v) is 9.39. The Kier molecular flexibility index (Phi) is 9.75. The van der Waals surface area contributed by atoms with Crippen LogP contribution >= 0.6 is 0 Å². The van der Waals surface area contributed by atoms with Crippen LogP contribution in [0.1, 0.15) is 29.5 Å². The fraction of sp³-hybridized carbons (Fsp3) is 0.161. The highest BCUT2D eigenvalue weighted by Crippen LogP contribution is 2.32. The number of alkyl halides is 3. The number of benzene rings is 3. The summed E-state index contributed by atoms with van der Waals surface area (Å²) in [6.07, 6.45) is -2.35. The zero-order valence-corrected chi connectivity index (χ0v) is 22.4. The number of ether oxygens (including phenoxy) is 1. The summed E-state index contributed by atoms with van der Waals surface area (Å²) in [5.74, 6) is -10.3. The molecule has 0 spiro atoms. The van der Waals surface area contributed by atoms with Gasteiger partial charge in [0.2, 0.25) is 5.75 Å². The van der Waals surface area contributed by atoms with Crippen molar-refractivity contribution < 1.29 is 48.6 Å². The van der Waals surface area contributed by atoms with Gasteiger partial charge in [0.25, 0.3) is 0 Å². The number of allylic oxidation sites excluding steroid dienone is 2. The molecule has 0 unspecified atom stereocenters. The zero-order valence-electron chi connectivity index (χ0n) is 22.4. The normalized spacial score (nSPS) is 12.2. The highest BCUT2D eigenvalue weighted by atomic mass is 19.4. The summed E-state index contributed by atoms with van der Waals surface area (Å²) in [5, 5.41) is 0. The summed E-state index contributed by atoms with van der Waals surface area (Å²) in [4.78, 5) is 8.01. The minimum atomic E-state index is -5.33. The number of halogens is 10. The van der Waals surface area contributed by atoms with E-state index in [2.05, 4.69) is 21.3 Å². The lowest BCUT2D eigenvalue weighted by atomic mass is 10.0. The summed E-state index contributed by atoms with van der Waals surface area (Å²) in [6.45, 7) is 3.42. The lowest BCUT2D eigenvalue weighted by Gasteiger charge is -2.12. The van der Waals surface area contributed by atoms with Gasteiger partial charge in [-0.3, -0.25) is 0 Å². The maximum atomic E-state index is 14.8. The van der Waals surface area contributed by atoms with Crippen LogP contribution in [0.2, 0.25) is 0 Å². The van der Waals surface area contributed by atoms with Crippen LogP contribution in [-0.4, -0.2) is 16.3 Å². The third kappa shape index (κ3) is 7.63. The van der Waals surface area contributed by atoms with Gasteiger partial charge in [0.15, 0.2) is 23.3 Å². The van der Waals surface area contributed by atoms with E-state index < -0.39 is 64.8 Å². The van der Waals surface area contributed by atoms with Crippen molar-refractivity contribution in [3.05, 3.63) is 119 Å². The molecule has 4 aromatic rings. The van der Waals surface area contributed by atoms with Crippen LogP contribution in [0.4, 0.5) is 43.9 Å². The quantitative estimate of drug-likeness (QED) is 0.130. The van der Waals surface area contributed by atoms with Crippen molar-refractivity contribution >= 4 is 5.83 Å². The van der Waals surface area contributed by atoms with Gasteiger partial charge in [-0.15, -0.1) is 19.8 Å². The van der Waals surface area contributed by atoms with E-state index in [1.54, 1.807) is 0 Å². The van der Waals surface area contributed by atoms with Crippen molar-refractivity contribution in [3.8, 4) is 28.3 Å². The Morgan fingerprint density at radius 1 is 0.773 bits per heavy atom. The number of rotatable bonds is 10. The van der Waals surface area contributed by atoms with Gasteiger partial charge in [0, 0.05) is 46.6 Å². The Hall–Kier alpha value is -4.68. The molecule has 0 fully saturated rings. The zero-order chi connectivity index (χ0) is 32.2. The Morgan fingerprint density at radius 2 is 1.39 bits per heavy atom. The lowest BCUT2D eigenvalue weighted by molar-refractivity contribution is -0.276. The molecule has 0 saturated carbocycles. The minimum Gasteiger partial charge on any atom is -0.399 e. The molecule has 44 heavy (non-hydrogen) atoms. The van der Waals surface area contributed by atoms with Crippen molar-refractivity contribution in [2.75, 3.05) is 0 Å². The van der Waals surface area contributed by atoms with Crippen molar-refractivity contribution in [1.82, 2.24) is 9.97 Å². The van der Waals surface area contributed by atoms with Crippen LogP contribution in [0.3, 0.4) is 0 Å². The molecule has 0 bridgehead atoms. The third-order valence-electron chi connectivity index (χ3n) is 6.33. The second-order valence-electron chi connectivity index (χ2n) is 9.39. The maximum absolute atomic E-state index is 14.8. The van der Waals surface area contributed by atoms with Crippen molar-refractivity contribution in [2.45, 2.75) is 32.0 Å². The fourth-order valence-electron chi connectivity index (χ4n) is 4.21. The van der Waals surface area contributed by atoms with Crippen LogP contribution in [0.5, 0.6) is 5.75 Å². The van der Waals surface area contributed by atoms with E-state index in [0.29, 0.717) is 12.1 Å². The van der Waals surface area contributed by atoms with Crippen LogP contribution in [-0.2, 0) is 12.8 Å². The van der Waals surface area contributed by atoms with Crippen molar-refractivity contribution in [2.24, 2.45) is 0 Å². The van der Waals surface area contributed by atoms with Gasteiger partial charge in [-0.05, 0) is 55.2 Å². The predicted molar refractivity (Wildman–Crippen MR) is 142 cm³/mol. The molecule has 3 aromatic carbocycles. The molecule has 0 aliphatic carbocycles. The molecule has 230 valence electrons. The van der Waals surface area contributed by atoms with Gasteiger partial charge in [0.1, 0.15) is 23.3 Å². The standard InChI is InChI=1S/C31H20F10N2O/c1-2-3-4-22(32)28(38)17-6-8-20(23(33)11-17)19-14-42-30(43-15-19)18-12-24(34)21(25(35)13-18)7-5-16-9-26(36)29(27(37)10-16)44-31(39,40)41/h2,6,8-15H,1,3-5,7H2. The summed E-state index contributed by atoms with van der Waals surface area (Å²) >= 11 is 0. The summed E-state index contributed by atoms with van der Waals surface area (Å²) in [7, 11) is 0. The van der Waals surface area contributed by atoms with E-state index in [1.807, 2.05) is 0 Å². The molecule has 13 heteroatoms. The van der Waals surface area contributed by atoms with Gasteiger partial charge in [-0.1, -0.05) is 18.2 Å². The first-order chi connectivity index (χ1) is 20.8. The van der Waals surface area contributed by atoms with E-state index in [0.717, 1.165) is 30.6 Å². The highest BCUT2D eigenvalue weighted by molar-refractivity contribution is 5.69. The average Bonchev–Trinajstić information content (AvgIpc) is 2.96. The SMILES string of the molecule is C=CCCC(F)=C(F)c1ccc(-c2cnc(-c3cc(F)c(CCc4cc(F)c(OC(F)(F)F)c(F)c4)c(F)c3)nc2)c(F)c1. The van der Waals surface area contributed by atoms with Crippen molar-refractivity contribution in [1.29, 1.82) is 0 Å². The number of nitrogens with zero attached hydrogens (tertiary/aromatic N) is 2. The number of hydrogen-bond acceptors (Lipinski definition) is 3. The molecule has 0 aliphatic heterocycles. The maximum Gasteiger partial charge on any atom is 0.573 e. The van der Waals surface area contributed by atoms with Gasteiger partial charge < -0.3 is 4.74 Å². The van der Waals surface area contributed by atoms with E-state index in [9.17, 15) is 43.9 Å². The molecule has 0 saturated heterocycles. The number of hydrogen-bond donors (Lipinski definition) is 0. The van der Waals surface area contributed by atoms with E-state index in [1.165, 1.54) is 18.2 Å². The Morgan fingerprint density at radius 3 is 1.93 bits per heavy atom. The first-order valence-corrected chi connectivity index (χ1v) is 12.8. The molecule has 4 rings (SSSR count). The highest BCUT2D eigenvalue weighted by Gasteiger charge is 2.34. The molecule has 0 atom stereocenters. The lowest BCUT2D eigenvalue weighted by Crippen LogP contribution is -2.19. The molecule has 0 aliphatic rings. The molecule has 0 radical (unpaired) electrons. The molecule has 0 N–H and O–H groups in total. The Bertz CT molecular complexity index is 1670. The average molecular weight is 626 g/mol. The summed E-state index contributed by atoms with van der Waals surface area (Å²) < 4.78 is 141. The topological polar surface area (TPSA) is 35.0 Å². The minimum absolute atomic E-state index is 0.0433. The molecule has 0 amide bonds. The molecular formula is C31H20F10N2O. The molecular weight excluding hydrogens is 606 g/mol. The number of aryl methyl sites for hydroxylation is 1. The molecule has 1 aromatic heterocycles. The van der Waals surface area contributed by atoms with Gasteiger partial charge in [0.05, 0.1) is 0 Å². The van der Waals surface area contributed by atoms with E-state index in [-0.39, 0.29) is 52.9 Å². The Balaban J connectivity index is 1.50. The van der Waals surface area contributed by atoms with Crippen molar-refractivity contribution in [3.63, 3.8) is 0 Å². The van der Waals surface area contributed by atoms with Gasteiger partial charge in [-0.2, -0.15) is 0 Å². The first-order valence-electron chi connectivity index (χ1n) is 12.8. The van der Waals surface area contributed by atoms with Gasteiger partial charge >= 0.3 is 6.36 Å². The Labute approximate surface area is 244 Å². The largest absolute Gasteiger partial charge is 0.573 e. The molecule has 3 nitrogen and oxygen atoms in total. The monoisotopic (exact) mass is 626 g/mol. The fourth-order valence-corrected chi connectivity index (χ4v) is 4.21. The molecule has 1 heterocycles. The van der Waals surface area contributed by atoms with Crippen LogP contribution < -0.4 is 4.74 Å². The number of aromatic nitrogens is 2. The first kappa shape index (κ1) is 32.2. The smallest absolute Gasteiger partial charge is 0.399 e. The predicted octanol–water partition coefficient (Wildman–Crippen LogP) is 9.76. The summed E-state index contributed by atoms with van der Waals surface area (Å²) in [6, 6.07) is 6.12. The van der Waals surface area contributed by atoms with Crippen LogP contribution in [0.15, 0.2) is 73.3 Å². The van der Waals surface area contributed by atoms with E-state index in [4.69, 9.17) is 0 Å². The third-order valence-corrected chi connectivity index (χ3v) is 6.33. The second kappa shape index (κ2) is 13.3. The summed E-state index contributed by atoms with van der Waals surface area (Å²) in [5.41, 5.74) is -0.950. The van der Waals surface area contributed by atoms with Crippen LogP contribution in [0.25, 0.3) is 28.3 Å². The van der Waals surface area contributed by atoms with E-state index >= 15 is 0 Å². The van der Waals surface area contributed by atoms with Gasteiger partial charge in [-0.25, -0.2) is 40.7 Å².